The normalized spacial score (nSPS) is 10.3. The fraction of sp³-hybridized carbons (Fsp3) is 0.200. The Bertz CT molecular complexity index is 446. The molecule has 88 valence electrons. The highest BCUT2D eigenvalue weighted by Crippen LogP contribution is 2.23. The first-order valence-electron chi connectivity index (χ1n) is 5.73. The summed E-state index contributed by atoms with van der Waals surface area (Å²) in [5.74, 6) is 2.51. The van der Waals surface area contributed by atoms with Crippen molar-refractivity contribution in [3.63, 3.8) is 0 Å². The summed E-state index contributed by atoms with van der Waals surface area (Å²) >= 11 is 0. The molecule has 2 heteroatoms. The molecule has 0 fully saturated rings. The molecule has 0 heterocycles. The Morgan fingerprint density at radius 3 is 1.82 bits per heavy atom. The number of benzene rings is 2. The molecule has 0 spiro atoms. The van der Waals surface area contributed by atoms with E-state index in [1.54, 1.807) is 0 Å². The molecular formula is C15H16O2. The summed E-state index contributed by atoms with van der Waals surface area (Å²) in [7, 11) is 0. The molecule has 0 aliphatic carbocycles. The lowest BCUT2D eigenvalue weighted by Gasteiger charge is -2.10. The molecule has 0 bridgehead atoms. The van der Waals surface area contributed by atoms with Crippen molar-refractivity contribution >= 4 is 0 Å². The van der Waals surface area contributed by atoms with Gasteiger partial charge in [0.1, 0.15) is 17.2 Å². The van der Waals surface area contributed by atoms with Gasteiger partial charge in [-0.3, -0.25) is 0 Å². The fourth-order valence-electron chi connectivity index (χ4n) is 1.48. The molecular weight excluding hydrogens is 212 g/mol. The SMILES string of the molecule is CC(C)Oc1ccc(Oc2ccccc2)cc1. The van der Waals surface area contributed by atoms with Crippen molar-refractivity contribution in [1.29, 1.82) is 0 Å². The molecule has 2 aromatic carbocycles. The topological polar surface area (TPSA) is 18.5 Å². The first kappa shape index (κ1) is 11.5. The number of hydrogen-bond acceptors (Lipinski definition) is 2. The van der Waals surface area contributed by atoms with E-state index in [2.05, 4.69) is 0 Å². The van der Waals surface area contributed by atoms with Gasteiger partial charge in [-0.15, -0.1) is 0 Å². The van der Waals surface area contributed by atoms with Gasteiger partial charge in [-0.05, 0) is 50.2 Å². The molecule has 2 rings (SSSR count). The van der Waals surface area contributed by atoms with E-state index in [0.29, 0.717) is 0 Å². The Morgan fingerprint density at radius 1 is 0.706 bits per heavy atom. The van der Waals surface area contributed by atoms with Gasteiger partial charge in [0, 0.05) is 0 Å². The van der Waals surface area contributed by atoms with Crippen molar-refractivity contribution in [2.75, 3.05) is 0 Å². The van der Waals surface area contributed by atoms with E-state index in [1.165, 1.54) is 0 Å². The zero-order valence-corrected chi connectivity index (χ0v) is 10.1. The summed E-state index contributed by atoms with van der Waals surface area (Å²) in [4.78, 5) is 0. The average Bonchev–Trinajstić information content (AvgIpc) is 2.32. The minimum absolute atomic E-state index is 0.191. The molecule has 0 saturated heterocycles. The molecule has 0 N–H and O–H groups in total. The summed E-state index contributed by atoms with van der Waals surface area (Å²) in [5.41, 5.74) is 0. The van der Waals surface area contributed by atoms with Gasteiger partial charge in [0.25, 0.3) is 0 Å². The Kier molecular flexibility index (Phi) is 3.66. The van der Waals surface area contributed by atoms with Crippen LogP contribution in [0, 0.1) is 0 Å². The van der Waals surface area contributed by atoms with Crippen molar-refractivity contribution < 1.29 is 9.47 Å². The first-order valence-corrected chi connectivity index (χ1v) is 5.73. The van der Waals surface area contributed by atoms with E-state index >= 15 is 0 Å². The van der Waals surface area contributed by atoms with Gasteiger partial charge in [-0.1, -0.05) is 18.2 Å². The summed E-state index contributed by atoms with van der Waals surface area (Å²) in [6.07, 6.45) is 0.191. The zero-order valence-electron chi connectivity index (χ0n) is 10.1. The first-order chi connectivity index (χ1) is 8.24. The van der Waals surface area contributed by atoms with Crippen LogP contribution in [0.5, 0.6) is 17.2 Å². The van der Waals surface area contributed by atoms with Gasteiger partial charge in [-0.2, -0.15) is 0 Å². The summed E-state index contributed by atoms with van der Waals surface area (Å²) in [5, 5.41) is 0. The van der Waals surface area contributed by atoms with E-state index in [-0.39, 0.29) is 6.10 Å². The van der Waals surface area contributed by atoms with Crippen LogP contribution in [0.25, 0.3) is 0 Å². The van der Waals surface area contributed by atoms with Gasteiger partial charge < -0.3 is 9.47 Å². The second-order valence-corrected chi connectivity index (χ2v) is 4.05. The van der Waals surface area contributed by atoms with Crippen LogP contribution < -0.4 is 9.47 Å². The quantitative estimate of drug-likeness (QED) is 0.778. The molecule has 17 heavy (non-hydrogen) atoms. The van der Waals surface area contributed by atoms with Gasteiger partial charge in [0.15, 0.2) is 0 Å². The molecule has 0 aliphatic rings. The van der Waals surface area contributed by atoms with Crippen molar-refractivity contribution in [3.8, 4) is 17.2 Å². The van der Waals surface area contributed by atoms with Crippen LogP contribution >= 0.6 is 0 Å². The summed E-state index contributed by atoms with van der Waals surface area (Å²) in [6.45, 7) is 4.02. The molecule has 0 saturated carbocycles. The molecule has 0 aliphatic heterocycles. The molecule has 2 nitrogen and oxygen atoms in total. The smallest absolute Gasteiger partial charge is 0.127 e. The maximum atomic E-state index is 5.68. The Labute approximate surface area is 102 Å². The highest BCUT2D eigenvalue weighted by atomic mass is 16.5. The maximum Gasteiger partial charge on any atom is 0.127 e. The Morgan fingerprint density at radius 2 is 1.24 bits per heavy atom. The van der Waals surface area contributed by atoms with Crippen LogP contribution in [0.15, 0.2) is 54.6 Å². The third kappa shape index (κ3) is 3.52. The van der Waals surface area contributed by atoms with Crippen LogP contribution in [0.2, 0.25) is 0 Å². The predicted molar refractivity (Wildman–Crippen MR) is 68.7 cm³/mol. The van der Waals surface area contributed by atoms with Crippen LogP contribution in [-0.4, -0.2) is 6.10 Å². The largest absolute Gasteiger partial charge is 0.491 e. The van der Waals surface area contributed by atoms with Gasteiger partial charge in [0.05, 0.1) is 6.10 Å². The monoisotopic (exact) mass is 228 g/mol. The van der Waals surface area contributed by atoms with E-state index in [4.69, 9.17) is 9.47 Å². The molecule has 0 aromatic heterocycles. The number of hydrogen-bond donors (Lipinski definition) is 0. The lowest BCUT2D eigenvalue weighted by Crippen LogP contribution is -2.05. The van der Waals surface area contributed by atoms with E-state index in [9.17, 15) is 0 Å². The van der Waals surface area contributed by atoms with Crippen LogP contribution in [0.3, 0.4) is 0 Å². The minimum Gasteiger partial charge on any atom is -0.491 e. The highest BCUT2D eigenvalue weighted by Gasteiger charge is 1.99. The average molecular weight is 228 g/mol. The van der Waals surface area contributed by atoms with Crippen LogP contribution in [-0.2, 0) is 0 Å². The molecule has 2 aromatic rings. The molecule has 0 atom stereocenters. The maximum absolute atomic E-state index is 5.68. The minimum atomic E-state index is 0.191. The van der Waals surface area contributed by atoms with E-state index in [1.807, 2.05) is 68.4 Å². The number of para-hydroxylation sites is 1. The lowest BCUT2D eigenvalue weighted by atomic mass is 10.3. The Hall–Kier alpha value is -1.96. The van der Waals surface area contributed by atoms with Gasteiger partial charge >= 0.3 is 0 Å². The van der Waals surface area contributed by atoms with E-state index in [0.717, 1.165) is 17.2 Å². The third-order valence-corrected chi connectivity index (χ3v) is 2.17. The third-order valence-electron chi connectivity index (χ3n) is 2.17. The second-order valence-electron chi connectivity index (χ2n) is 4.05. The van der Waals surface area contributed by atoms with Crippen LogP contribution in [0.1, 0.15) is 13.8 Å². The molecule has 0 amide bonds. The highest BCUT2D eigenvalue weighted by molar-refractivity contribution is 5.35. The van der Waals surface area contributed by atoms with Gasteiger partial charge in [0.2, 0.25) is 0 Å². The number of ether oxygens (including phenoxy) is 2. The fourth-order valence-corrected chi connectivity index (χ4v) is 1.48. The van der Waals surface area contributed by atoms with Crippen molar-refractivity contribution in [3.05, 3.63) is 54.6 Å². The second kappa shape index (κ2) is 5.39. The van der Waals surface area contributed by atoms with E-state index < -0.39 is 0 Å². The Balaban J connectivity index is 2.03. The van der Waals surface area contributed by atoms with Crippen molar-refractivity contribution in [2.24, 2.45) is 0 Å². The standard InChI is InChI=1S/C15H16O2/c1-12(2)16-14-8-10-15(11-9-14)17-13-6-4-3-5-7-13/h3-12H,1-2H3. The molecule has 0 unspecified atom stereocenters. The van der Waals surface area contributed by atoms with Crippen molar-refractivity contribution in [1.82, 2.24) is 0 Å². The zero-order chi connectivity index (χ0) is 12.1. The number of rotatable bonds is 4. The van der Waals surface area contributed by atoms with Gasteiger partial charge in [-0.25, -0.2) is 0 Å². The molecule has 0 radical (unpaired) electrons. The summed E-state index contributed by atoms with van der Waals surface area (Å²) < 4.78 is 11.2. The lowest BCUT2D eigenvalue weighted by molar-refractivity contribution is 0.242. The summed E-state index contributed by atoms with van der Waals surface area (Å²) in [6, 6.07) is 17.4. The van der Waals surface area contributed by atoms with Crippen molar-refractivity contribution in [2.45, 2.75) is 20.0 Å². The predicted octanol–water partition coefficient (Wildman–Crippen LogP) is 4.27. The van der Waals surface area contributed by atoms with Crippen LogP contribution in [0.4, 0.5) is 0 Å².